The van der Waals surface area contributed by atoms with Crippen LogP contribution >= 0.6 is 0 Å². The number of carbonyl (C=O) groups is 1. The summed E-state index contributed by atoms with van der Waals surface area (Å²) in [4.78, 5) is 24.7. The molecule has 2 aromatic heterocycles. The van der Waals surface area contributed by atoms with Crippen molar-refractivity contribution in [3.8, 4) is 5.88 Å². The first-order valence-electron chi connectivity index (χ1n) is 8.86. The van der Waals surface area contributed by atoms with Crippen LogP contribution in [0.1, 0.15) is 35.4 Å². The number of hydrogen-bond acceptors (Lipinski definition) is 7. The Balaban J connectivity index is 1.46. The van der Waals surface area contributed by atoms with Crippen LogP contribution in [0.25, 0.3) is 0 Å². The molecule has 0 saturated carbocycles. The molecule has 1 fully saturated rings. The number of methoxy groups -OCH3 is 1. The third-order valence-electron chi connectivity index (χ3n) is 4.71. The smallest absolute Gasteiger partial charge is 0.323 e. The Hall–Kier alpha value is -2.64. The molecule has 0 bridgehead atoms. The quantitative estimate of drug-likeness (QED) is 0.780. The van der Waals surface area contributed by atoms with Gasteiger partial charge in [0.05, 0.1) is 12.7 Å². The average molecular weight is 359 g/mol. The predicted molar refractivity (Wildman–Crippen MR) is 96.4 cm³/mol. The van der Waals surface area contributed by atoms with Crippen LogP contribution in [-0.4, -0.2) is 60.2 Å². The number of likely N-dealkylation sites (tertiary alicyclic amines) is 1. The lowest BCUT2D eigenvalue weighted by Crippen LogP contribution is -2.38. The standard InChI is InChI=1S/C18H25N5O3/c1-22(2)18-20-15(21-26-18)6-4-13-8-10-23(11-9-13)17(24)14-5-7-16(25-3)19-12-14/h5,7,12-13H,4,6,8-11H2,1-3H3. The van der Waals surface area contributed by atoms with Crippen LogP contribution < -0.4 is 9.64 Å². The van der Waals surface area contributed by atoms with Crippen molar-refractivity contribution in [3.05, 3.63) is 29.7 Å². The number of piperidine rings is 1. The van der Waals surface area contributed by atoms with E-state index < -0.39 is 0 Å². The molecule has 1 aliphatic rings. The van der Waals surface area contributed by atoms with E-state index in [1.165, 1.54) is 0 Å². The summed E-state index contributed by atoms with van der Waals surface area (Å²) in [5.74, 6) is 1.87. The molecule has 0 spiro atoms. The van der Waals surface area contributed by atoms with Gasteiger partial charge >= 0.3 is 6.01 Å². The van der Waals surface area contributed by atoms with Gasteiger partial charge in [-0.25, -0.2) is 4.98 Å². The molecule has 0 radical (unpaired) electrons. The average Bonchev–Trinajstić information content (AvgIpc) is 3.16. The van der Waals surface area contributed by atoms with Crippen LogP contribution in [0.4, 0.5) is 6.01 Å². The molecule has 0 unspecified atom stereocenters. The minimum Gasteiger partial charge on any atom is -0.481 e. The topological polar surface area (TPSA) is 84.6 Å². The van der Waals surface area contributed by atoms with Crippen molar-refractivity contribution in [2.75, 3.05) is 39.2 Å². The summed E-state index contributed by atoms with van der Waals surface area (Å²) < 4.78 is 10.2. The second-order valence-electron chi connectivity index (χ2n) is 6.75. The highest BCUT2D eigenvalue weighted by molar-refractivity contribution is 5.94. The van der Waals surface area contributed by atoms with E-state index in [1.54, 1.807) is 30.3 Å². The van der Waals surface area contributed by atoms with Crippen molar-refractivity contribution >= 4 is 11.9 Å². The Morgan fingerprint density at radius 3 is 2.69 bits per heavy atom. The first kappa shape index (κ1) is 18.2. The van der Waals surface area contributed by atoms with Gasteiger partial charge in [-0.1, -0.05) is 5.16 Å². The van der Waals surface area contributed by atoms with E-state index in [4.69, 9.17) is 9.26 Å². The van der Waals surface area contributed by atoms with Crippen LogP contribution in [0.5, 0.6) is 5.88 Å². The number of aryl methyl sites for hydroxylation is 1. The van der Waals surface area contributed by atoms with Gasteiger partial charge in [-0.3, -0.25) is 4.79 Å². The summed E-state index contributed by atoms with van der Waals surface area (Å²) in [7, 11) is 5.31. The summed E-state index contributed by atoms with van der Waals surface area (Å²) in [5.41, 5.74) is 0.604. The highest BCUT2D eigenvalue weighted by atomic mass is 16.5. The fraction of sp³-hybridized carbons (Fsp3) is 0.556. The lowest BCUT2D eigenvalue weighted by atomic mass is 9.92. The first-order chi connectivity index (χ1) is 12.6. The summed E-state index contributed by atoms with van der Waals surface area (Å²) in [6, 6.07) is 4.01. The molecule has 3 heterocycles. The molecule has 8 heteroatoms. The van der Waals surface area contributed by atoms with Crippen LogP contribution in [0.3, 0.4) is 0 Å². The zero-order valence-corrected chi connectivity index (χ0v) is 15.5. The Kier molecular flexibility index (Phi) is 5.70. The fourth-order valence-electron chi connectivity index (χ4n) is 3.10. The van der Waals surface area contributed by atoms with Crippen LogP contribution in [0.2, 0.25) is 0 Å². The number of pyridine rings is 1. The number of ether oxygens (including phenoxy) is 1. The predicted octanol–water partition coefficient (Wildman–Crippen LogP) is 2.02. The number of anilines is 1. The number of hydrogen-bond donors (Lipinski definition) is 0. The third-order valence-corrected chi connectivity index (χ3v) is 4.71. The molecule has 2 aromatic rings. The number of rotatable bonds is 6. The molecule has 140 valence electrons. The maximum Gasteiger partial charge on any atom is 0.323 e. The second-order valence-corrected chi connectivity index (χ2v) is 6.75. The summed E-state index contributed by atoms with van der Waals surface area (Å²) in [5, 5.41) is 4.01. The Morgan fingerprint density at radius 1 is 1.35 bits per heavy atom. The zero-order valence-electron chi connectivity index (χ0n) is 15.5. The van der Waals surface area contributed by atoms with Crippen molar-refractivity contribution in [2.24, 2.45) is 5.92 Å². The molecule has 26 heavy (non-hydrogen) atoms. The van der Waals surface area contributed by atoms with E-state index in [9.17, 15) is 4.79 Å². The molecule has 1 saturated heterocycles. The lowest BCUT2D eigenvalue weighted by Gasteiger charge is -2.32. The Morgan fingerprint density at radius 2 is 2.12 bits per heavy atom. The molecule has 1 amide bonds. The first-order valence-corrected chi connectivity index (χ1v) is 8.86. The number of aromatic nitrogens is 3. The van der Waals surface area contributed by atoms with Crippen LogP contribution in [0.15, 0.2) is 22.9 Å². The molecule has 0 aliphatic carbocycles. The zero-order chi connectivity index (χ0) is 18.5. The van der Waals surface area contributed by atoms with E-state index in [0.29, 0.717) is 23.4 Å². The second kappa shape index (κ2) is 8.16. The molecule has 0 atom stereocenters. The molecule has 1 aliphatic heterocycles. The van der Waals surface area contributed by atoms with E-state index in [1.807, 2.05) is 19.0 Å². The van der Waals surface area contributed by atoms with Crippen LogP contribution in [-0.2, 0) is 6.42 Å². The number of carbonyl (C=O) groups excluding carboxylic acids is 1. The van der Waals surface area contributed by atoms with Gasteiger partial charge in [0.15, 0.2) is 5.82 Å². The molecule has 8 nitrogen and oxygen atoms in total. The van der Waals surface area contributed by atoms with Gasteiger partial charge in [-0.15, -0.1) is 0 Å². The minimum atomic E-state index is 0.0346. The highest BCUT2D eigenvalue weighted by Gasteiger charge is 2.24. The van der Waals surface area contributed by atoms with E-state index in [2.05, 4.69) is 15.1 Å². The summed E-state index contributed by atoms with van der Waals surface area (Å²) >= 11 is 0. The molecule has 0 N–H and O–H groups in total. The molecule has 3 rings (SSSR count). The van der Waals surface area contributed by atoms with Crippen molar-refractivity contribution in [1.29, 1.82) is 0 Å². The Bertz CT molecular complexity index is 721. The fourth-order valence-corrected chi connectivity index (χ4v) is 3.10. The monoisotopic (exact) mass is 359 g/mol. The molecule has 0 aromatic carbocycles. The maximum atomic E-state index is 12.6. The largest absolute Gasteiger partial charge is 0.481 e. The minimum absolute atomic E-state index is 0.0346. The van der Waals surface area contributed by atoms with Gasteiger partial charge < -0.3 is 19.1 Å². The summed E-state index contributed by atoms with van der Waals surface area (Å²) in [6.07, 6.45) is 5.38. The van der Waals surface area contributed by atoms with Crippen molar-refractivity contribution in [2.45, 2.75) is 25.7 Å². The van der Waals surface area contributed by atoms with Crippen LogP contribution in [0, 0.1) is 5.92 Å². The van der Waals surface area contributed by atoms with Crippen molar-refractivity contribution in [1.82, 2.24) is 20.0 Å². The Labute approximate surface area is 153 Å². The third kappa shape index (κ3) is 4.30. The van der Waals surface area contributed by atoms with Gasteiger partial charge in [0.25, 0.3) is 5.91 Å². The normalized spacial score (nSPS) is 15.1. The van der Waals surface area contributed by atoms with Gasteiger partial charge in [0, 0.05) is 45.9 Å². The van der Waals surface area contributed by atoms with Crippen molar-refractivity contribution in [3.63, 3.8) is 0 Å². The van der Waals surface area contributed by atoms with Crippen molar-refractivity contribution < 1.29 is 14.1 Å². The number of amides is 1. The van der Waals surface area contributed by atoms with Gasteiger partial charge in [0.1, 0.15) is 0 Å². The maximum absolute atomic E-state index is 12.6. The highest BCUT2D eigenvalue weighted by Crippen LogP contribution is 2.23. The lowest BCUT2D eigenvalue weighted by molar-refractivity contribution is 0.0686. The number of nitrogens with zero attached hydrogens (tertiary/aromatic N) is 5. The van der Waals surface area contributed by atoms with Gasteiger partial charge in [-0.05, 0) is 31.2 Å². The van der Waals surface area contributed by atoms with Gasteiger partial charge in [-0.2, -0.15) is 4.98 Å². The molecular weight excluding hydrogens is 334 g/mol. The summed E-state index contributed by atoms with van der Waals surface area (Å²) in [6.45, 7) is 1.54. The SMILES string of the molecule is COc1ccc(C(=O)N2CCC(CCc3noc(N(C)C)n3)CC2)cn1. The van der Waals surface area contributed by atoms with E-state index >= 15 is 0 Å². The molecular formula is C18H25N5O3. The van der Waals surface area contributed by atoms with E-state index in [0.717, 1.165) is 44.6 Å². The van der Waals surface area contributed by atoms with Gasteiger partial charge in [0.2, 0.25) is 5.88 Å². The van der Waals surface area contributed by atoms with E-state index in [-0.39, 0.29) is 5.91 Å².